The zero-order chi connectivity index (χ0) is 16.8. The van der Waals surface area contributed by atoms with Crippen LogP contribution in [-0.2, 0) is 4.74 Å². The van der Waals surface area contributed by atoms with E-state index in [0.29, 0.717) is 30.7 Å². The number of nitrogens with one attached hydrogen (secondary N) is 1. The molecule has 5 nitrogen and oxygen atoms in total. The minimum absolute atomic E-state index is 0.137. The zero-order valence-electron chi connectivity index (χ0n) is 15.4. The molecule has 1 saturated carbocycles. The second-order valence-electron chi connectivity index (χ2n) is 7.88. The van der Waals surface area contributed by atoms with Gasteiger partial charge in [0, 0.05) is 31.2 Å². The van der Waals surface area contributed by atoms with E-state index in [0.717, 1.165) is 25.9 Å². The summed E-state index contributed by atoms with van der Waals surface area (Å²) in [7, 11) is 4.38. The fourth-order valence-electron chi connectivity index (χ4n) is 3.68. The number of nitrogens with zero attached hydrogens (tertiary/aromatic N) is 2. The zero-order valence-corrected chi connectivity index (χ0v) is 15.4. The predicted molar refractivity (Wildman–Crippen MR) is 93.6 cm³/mol. The number of hydrogen-bond acceptors (Lipinski definition) is 4. The van der Waals surface area contributed by atoms with Gasteiger partial charge in [0.05, 0.1) is 6.61 Å². The van der Waals surface area contributed by atoms with Crippen LogP contribution in [-0.4, -0.2) is 67.8 Å². The van der Waals surface area contributed by atoms with E-state index < -0.39 is 0 Å². The minimum Gasteiger partial charge on any atom is -0.449 e. The molecule has 2 atom stereocenters. The molecule has 0 spiro atoms. The number of carbonyl (C=O) groups excluding carboxylic acids is 1. The van der Waals surface area contributed by atoms with Gasteiger partial charge in [0.25, 0.3) is 0 Å². The van der Waals surface area contributed by atoms with Gasteiger partial charge in [0.2, 0.25) is 0 Å². The third-order valence-electron chi connectivity index (χ3n) is 5.14. The van der Waals surface area contributed by atoms with Crippen LogP contribution in [0.1, 0.15) is 52.4 Å². The Morgan fingerprint density at radius 3 is 2.48 bits per heavy atom. The van der Waals surface area contributed by atoms with E-state index in [2.05, 4.69) is 38.2 Å². The highest BCUT2D eigenvalue weighted by atomic mass is 16.6. The third-order valence-corrected chi connectivity index (χ3v) is 5.14. The fraction of sp³-hybridized carbons (Fsp3) is 0.944. The lowest BCUT2D eigenvalue weighted by atomic mass is 9.89. The Labute approximate surface area is 141 Å². The van der Waals surface area contributed by atoms with Crippen molar-refractivity contribution in [3.8, 4) is 0 Å². The first kappa shape index (κ1) is 18.5. The number of carbonyl (C=O) groups is 1. The van der Waals surface area contributed by atoms with E-state index in [9.17, 15) is 4.79 Å². The molecule has 2 rings (SSSR count). The Morgan fingerprint density at radius 1 is 1.17 bits per heavy atom. The Hall–Kier alpha value is -0.810. The van der Waals surface area contributed by atoms with Crippen molar-refractivity contribution in [1.82, 2.24) is 15.1 Å². The number of amides is 1. The van der Waals surface area contributed by atoms with Gasteiger partial charge in [-0.05, 0) is 52.1 Å². The molecule has 23 heavy (non-hydrogen) atoms. The van der Waals surface area contributed by atoms with Crippen LogP contribution in [0.4, 0.5) is 4.79 Å². The van der Waals surface area contributed by atoms with Crippen LogP contribution < -0.4 is 5.32 Å². The fourth-order valence-corrected chi connectivity index (χ4v) is 3.68. The average Bonchev–Trinajstić information content (AvgIpc) is 2.53. The molecule has 0 aromatic rings. The van der Waals surface area contributed by atoms with Crippen LogP contribution in [0, 0.1) is 5.92 Å². The average molecular weight is 325 g/mol. The molecular weight excluding hydrogens is 290 g/mol. The van der Waals surface area contributed by atoms with Crippen molar-refractivity contribution >= 4 is 6.09 Å². The summed E-state index contributed by atoms with van der Waals surface area (Å²) in [6.45, 7) is 6.28. The number of hydrogen-bond donors (Lipinski definition) is 1. The van der Waals surface area contributed by atoms with Crippen molar-refractivity contribution in [3.05, 3.63) is 0 Å². The SMILES string of the molecule is CC(C)COC(=O)N1CCC(N[C@@H]2CCC[C@@H](N(C)C)C2)CC1. The van der Waals surface area contributed by atoms with E-state index in [-0.39, 0.29) is 6.09 Å². The van der Waals surface area contributed by atoms with Gasteiger partial charge in [0.15, 0.2) is 0 Å². The second-order valence-corrected chi connectivity index (χ2v) is 7.88. The first-order valence-corrected chi connectivity index (χ1v) is 9.30. The molecule has 0 aromatic heterocycles. The van der Waals surface area contributed by atoms with Crippen LogP contribution in [0.3, 0.4) is 0 Å². The highest BCUT2D eigenvalue weighted by molar-refractivity contribution is 5.67. The Balaban J connectivity index is 1.69. The summed E-state index contributed by atoms with van der Waals surface area (Å²) in [4.78, 5) is 16.2. The molecule has 2 aliphatic rings. The van der Waals surface area contributed by atoms with Crippen LogP contribution in [0.25, 0.3) is 0 Å². The normalized spacial score (nSPS) is 26.8. The van der Waals surface area contributed by atoms with Crippen LogP contribution in [0.5, 0.6) is 0 Å². The maximum atomic E-state index is 12.0. The molecule has 1 saturated heterocycles. The van der Waals surface area contributed by atoms with Crippen molar-refractivity contribution in [2.24, 2.45) is 5.92 Å². The summed E-state index contributed by atoms with van der Waals surface area (Å²) in [6, 6.07) is 1.91. The molecule has 0 radical (unpaired) electrons. The molecule has 1 amide bonds. The van der Waals surface area contributed by atoms with Crippen LogP contribution in [0.15, 0.2) is 0 Å². The standard InChI is InChI=1S/C18H35N3O2/c1-14(2)13-23-18(22)21-10-8-15(9-11-21)19-16-6-5-7-17(12-16)20(3)4/h14-17,19H,5-13H2,1-4H3/t16-,17-/m1/s1. The van der Waals surface area contributed by atoms with E-state index in [1.165, 1.54) is 25.7 Å². The van der Waals surface area contributed by atoms with Crippen molar-refractivity contribution in [2.75, 3.05) is 33.8 Å². The van der Waals surface area contributed by atoms with Crippen molar-refractivity contribution in [3.63, 3.8) is 0 Å². The second kappa shape index (κ2) is 8.88. The summed E-state index contributed by atoms with van der Waals surface area (Å²) >= 11 is 0. The third kappa shape index (κ3) is 5.96. The monoisotopic (exact) mass is 325 g/mol. The highest BCUT2D eigenvalue weighted by Gasteiger charge is 2.28. The number of ether oxygens (including phenoxy) is 1. The first-order chi connectivity index (χ1) is 11.0. The first-order valence-electron chi connectivity index (χ1n) is 9.30. The molecule has 5 heteroatoms. The van der Waals surface area contributed by atoms with Gasteiger partial charge in [0.1, 0.15) is 0 Å². The molecule has 0 bridgehead atoms. The topological polar surface area (TPSA) is 44.8 Å². The summed E-state index contributed by atoms with van der Waals surface area (Å²) in [5, 5.41) is 3.85. The van der Waals surface area contributed by atoms with Gasteiger partial charge in [-0.3, -0.25) is 0 Å². The maximum absolute atomic E-state index is 12.0. The lowest BCUT2D eigenvalue weighted by Gasteiger charge is -2.38. The van der Waals surface area contributed by atoms with Gasteiger partial charge in [-0.2, -0.15) is 0 Å². The Bertz CT molecular complexity index is 365. The van der Waals surface area contributed by atoms with E-state index in [1.807, 2.05) is 4.90 Å². The molecule has 1 N–H and O–H groups in total. The van der Waals surface area contributed by atoms with E-state index >= 15 is 0 Å². The molecule has 1 heterocycles. The van der Waals surface area contributed by atoms with Gasteiger partial charge < -0.3 is 19.9 Å². The molecule has 0 unspecified atom stereocenters. The molecular formula is C18H35N3O2. The Kier molecular flexibility index (Phi) is 7.15. The van der Waals surface area contributed by atoms with Crippen LogP contribution >= 0.6 is 0 Å². The quantitative estimate of drug-likeness (QED) is 0.844. The maximum Gasteiger partial charge on any atom is 0.409 e. The smallest absolute Gasteiger partial charge is 0.409 e. The lowest BCUT2D eigenvalue weighted by molar-refractivity contribution is 0.0799. The Morgan fingerprint density at radius 2 is 1.87 bits per heavy atom. The van der Waals surface area contributed by atoms with Crippen molar-refractivity contribution < 1.29 is 9.53 Å². The minimum atomic E-state index is -0.137. The largest absolute Gasteiger partial charge is 0.449 e. The van der Waals surface area contributed by atoms with Gasteiger partial charge in [-0.15, -0.1) is 0 Å². The van der Waals surface area contributed by atoms with Crippen molar-refractivity contribution in [2.45, 2.75) is 70.5 Å². The van der Waals surface area contributed by atoms with Gasteiger partial charge in [-0.25, -0.2) is 4.79 Å². The predicted octanol–water partition coefficient (Wildman–Crippen LogP) is 2.71. The van der Waals surface area contributed by atoms with Crippen molar-refractivity contribution in [1.29, 1.82) is 0 Å². The highest BCUT2D eigenvalue weighted by Crippen LogP contribution is 2.23. The molecule has 2 fully saturated rings. The van der Waals surface area contributed by atoms with E-state index in [1.54, 1.807) is 0 Å². The number of rotatable bonds is 5. The molecule has 0 aromatic carbocycles. The number of piperidine rings is 1. The van der Waals surface area contributed by atoms with Gasteiger partial charge >= 0.3 is 6.09 Å². The summed E-state index contributed by atoms with van der Waals surface area (Å²) < 4.78 is 5.33. The van der Waals surface area contributed by atoms with E-state index in [4.69, 9.17) is 4.74 Å². The molecule has 1 aliphatic carbocycles. The summed E-state index contributed by atoms with van der Waals surface area (Å²) in [5.74, 6) is 0.397. The van der Waals surface area contributed by atoms with Crippen LogP contribution in [0.2, 0.25) is 0 Å². The summed E-state index contributed by atoms with van der Waals surface area (Å²) in [5.41, 5.74) is 0. The van der Waals surface area contributed by atoms with Gasteiger partial charge in [-0.1, -0.05) is 20.3 Å². The summed E-state index contributed by atoms with van der Waals surface area (Å²) in [6.07, 6.45) is 7.14. The molecule has 1 aliphatic heterocycles. The lowest BCUT2D eigenvalue weighted by Crippen LogP contribution is -2.50. The number of likely N-dealkylation sites (tertiary alicyclic amines) is 1. The molecule has 134 valence electrons.